The number of amides is 1. The zero-order valence-electron chi connectivity index (χ0n) is 15.7. The first-order valence-corrected chi connectivity index (χ1v) is 9.37. The molecule has 1 saturated heterocycles. The maximum Gasteiger partial charge on any atom is 0.272 e. The van der Waals surface area contributed by atoms with Gasteiger partial charge in [0.05, 0.1) is 11.9 Å². The first-order chi connectivity index (χ1) is 14.1. The summed E-state index contributed by atoms with van der Waals surface area (Å²) >= 11 is 0. The third-order valence-corrected chi connectivity index (χ3v) is 4.85. The van der Waals surface area contributed by atoms with Crippen molar-refractivity contribution >= 4 is 23.0 Å². The zero-order valence-corrected chi connectivity index (χ0v) is 15.7. The fraction of sp³-hybridized carbons (Fsp3) is 0.182. The van der Waals surface area contributed by atoms with Crippen molar-refractivity contribution < 1.29 is 13.6 Å². The maximum atomic E-state index is 13.3. The van der Waals surface area contributed by atoms with Gasteiger partial charge in [-0.2, -0.15) is 0 Å². The summed E-state index contributed by atoms with van der Waals surface area (Å²) < 4.78 is 26.4. The lowest BCUT2D eigenvalue weighted by Crippen LogP contribution is -2.49. The van der Waals surface area contributed by atoms with E-state index >= 15 is 0 Å². The van der Waals surface area contributed by atoms with Gasteiger partial charge in [0, 0.05) is 37.6 Å². The highest BCUT2D eigenvalue weighted by Crippen LogP contribution is 2.19. The zero-order chi connectivity index (χ0) is 20.2. The van der Waals surface area contributed by atoms with Crippen molar-refractivity contribution in [2.75, 3.05) is 36.4 Å². The van der Waals surface area contributed by atoms with Gasteiger partial charge in [-0.3, -0.25) is 4.79 Å². The van der Waals surface area contributed by atoms with Crippen molar-refractivity contribution in [2.45, 2.75) is 0 Å². The van der Waals surface area contributed by atoms with Crippen molar-refractivity contribution in [2.24, 2.45) is 0 Å². The van der Waals surface area contributed by atoms with Crippen LogP contribution >= 0.6 is 0 Å². The minimum Gasteiger partial charge on any atom is -0.368 e. The Bertz CT molecular complexity index is 984. The lowest BCUT2D eigenvalue weighted by atomic mass is 10.2. The first kappa shape index (κ1) is 18.9. The molecular formula is C22H20F2N4O. The van der Waals surface area contributed by atoms with Crippen LogP contribution in [0.2, 0.25) is 0 Å². The molecule has 29 heavy (non-hydrogen) atoms. The number of nitrogens with one attached hydrogen (secondary N) is 1. The Balaban J connectivity index is 1.35. The summed E-state index contributed by atoms with van der Waals surface area (Å²) in [5.74, 6) is -0.709. The molecule has 2 heterocycles. The number of carbonyl (C=O) groups is 1. The number of hydrogen-bond donors (Lipinski definition) is 1. The third kappa shape index (κ3) is 4.51. The predicted octanol–water partition coefficient (Wildman–Crippen LogP) is 4.07. The van der Waals surface area contributed by atoms with Crippen molar-refractivity contribution in [1.82, 2.24) is 9.88 Å². The average molecular weight is 394 g/mol. The number of hydrogen-bond acceptors (Lipinski definition) is 4. The van der Waals surface area contributed by atoms with Crippen LogP contribution in [0.5, 0.6) is 0 Å². The van der Waals surface area contributed by atoms with Crippen LogP contribution in [-0.2, 0) is 0 Å². The van der Waals surface area contributed by atoms with Gasteiger partial charge >= 0.3 is 0 Å². The van der Waals surface area contributed by atoms with E-state index in [0.717, 1.165) is 5.69 Å². The minimum atomic E-state index is -0.325. The Morgan fingerprint density at radius 3 is 2.28 bits per heavy atom. The van der Waals surface area contributed by atoms with E-state index in [1.165, 1.54) is 24.3 Å². The number of nitrogens with zero attached hydrogens (tertiary/aromatic N) is 3. The number of halogens is 2. The highest BCUT2D eigenvalue weighted by Gasteiger charge is 2.23. The lowest BCUT2D eigenvalue weighted by molar-refractivity contribution is 0.0741. The summed E-state index contributed by atoms with van der Waals surface area (Å²) in [6.07, 6.45) is 1.56. The first-order valence-electron chi connectivity index (χ1n) is 9.37. The SMILES string of the molecule is O=C(c1ccc(Nc2cccc(F)c2)cn1)N1CCN(c2ccc(F)cc2)CC1. The molecule has 0 unspecified atom stereocenters. The Hall–Kier alpha value is -3.48. The molecule has 1 N–H and O–H groups in total. The molecule has 148 valence electrons. The molecule has 1 amide bonds. The largest absolute Gasteiger partial charge is 0.368 e. The number of anilines is 3. The van der Waals surface area contributed by atoms with E-state index in [2.05, 4.69) is 15.2 Å². The molecular weight excluding hydrogens is 374 g/mol. The van der Waals surface area contributed by atoms with Gasteiger partial charge in [0.25, 0.3) is 5.91 Å². The summed E-state index contributed by atoms with van der Waals surface area (Å²) in [5, 5.41) is 3.06. The number of piperazine rings is 1. The Morgan fingerprint density at radius 1 is 0.862 bits per heavy atom. The van der Waals surface area contributed by atoms with Gasteiger partial charge in [-0.05, 0) is 54.6 Å². The molecule has 1 aromatic heterocycles. The second-order valence-electron chi connectivity index (χ2n) is 6.82. The molecule has 0 radical (unpaired) electrons. The number of benzene rings is 2. The van der Waals surface area contributed by atoms with Gasteiger partial charge in [-0.1, -0.05) is 6.07 Å². The molecule has 0 saturated carbocycles. The van der Waals surface area contributed by atoms with Crippen molar-refractivity contribution in [3.63, 3.8) is 0 Å². The molecule has 0 atom stereocenters. The highest BCUT2D eigenvalue weighted by molar-refractivity contribution is 5.92. The number of carbonyl (C=O) groups excluding carboxylic acids is 1. The van der Waals surface area contributed by atoms with Crippen molar-refractivity contribution in [3.05, 3.63) is 84.2 Å². The summed E-state index contributed by atoms with van der Waals surface area (Å²) in [6.45, 7) is 2.50. The lowest BCUT2D eigenvalue weighted by Gasteiger charge is -2.36. The van der Waals surface area contributed by atoms with Crippen molar-refractivity contribution in [3.8, 4) is 0 Å². The molecule has 2 aromatic carbocycles. The molecule has 1 aliphatic rings. The smallest absolute Gasteiger partial charge is 0.272 e. The van der Waals surface area contributed by atoms with E-state index in [4.69, 9.17) is 0 Å². The van der Waals surface area contributed by atoms with Crippen molar-refractivity contribution in [1.29, 1.82) is 0 Å². The fourth-order valence-corrected chi connectivity index (χ4v) is 3.31. The number of pyridine rings is 1. The standard InChI is InChI=1S/C22H20F2N4O/c23-16-4-7-20(8-5-16)27-10-12-28(13-11-27)22(29)21-9-6-19(15-25-21)26-18-3-1-2-17(24)14-18/h1-9,14-15,26H,10-13H2. The second-order valence-corrected chi connectivity index (χ2v) is 6.82. The van der Waals surface area contributed by atoms with Crippen LogP contribution in [0.25, 0.3) is 0 Å². The molecule has 5 nitrogen and oxygen atoms in total. The second kappa shape index (κ2) is 8.26. The van der Waals surface area contributed by atoms with Crippen LogP contribution in [0.3, 0.4) is 0 Å². The normalized spacial score (nSPS) is 14.0. The van der Waals surface area contributed by atoms with Crippen LogP contribution < -0.4 is 10.2 Å². The van der Waals surface area contributed by atoms with Gasteiger partial charge in [-0.15, -0.1) is 0 Å². The number of aromatic nitrogens is 1. The van der Waals surface area contributed by atoms with E-state index in [9.17, 15) is 13.6 Å². The third-order valence-electron chi connectivity index (χ3n) is 4.85. The van der Waals surface area contributed by atoms with Gasteiger partial charge in [0.2, 0.25) is 0 Å². The van der Waals surface area contributed by atoms with E-state index < -0.39 is 0 Å². The minimum absolute atomic E-state index is 0.124. The topological polar surface area (TPSA) is 48.5 Å². The molecule has 1 aliphatic heterocycles. The van der Waals surface area contributed by atoms with Crippen LogP contribution in [0.15, 0.2) is 66.9 Å². The number of rotatable bonds is 4. The molecule has 0 spiro atoms. The summed E-state index contributed by atoms with van der Waals surface area (Å²) in [5.41, 5.74) is 2.60. The monoisotopic (exact) mass is 394 g/mol. The summed E-state index contributed by atoms with van der Waals surface area (Å²) in [4.78, 5) is 20.9. The Kier molecular flexibility index (Phi) is 5.37. The van der Waals surface area contributed by atoms with Gasteiger partial charge < -0.3 is 15.1 Å². The Morgan fingerprint density at radius 2 is 1.62 bits per heavy atom. The molecule has 3 aromatic rings. The molecule has 0 bridgehead atoms. The van der Waals surface area contributed by atoms with E-state index in [-0.39, 0.29) is 17.5 Å². The average Bonchev–Trinajstić information content (AvgIpc) is 2.75. The van der Waals surface area contributed by atoms with Crippen LogP contribution in [-0.4, -0.2) is 42.0 Å². The van der Waals surface area contributed by atoms with E-state index in [1.807, 2.05) is 0 Å². The fourth-order valence-electron chi connectivity index (χ4n) is 3.31. The maximum absolute atomic E-state index is 13.3. The van der Waals surface area contributed by atoms with Crippen LogP contribution in [0.1, 0.15) is 10.5 Å². The van der Waals surface area contributed by atoms with Crippen LogP contribution in [0.4, 0.5) is 25.8 Å². The Labute approximate surface area is 167 Å². The summed E-state index contributed by atoms with van der Waals surface area (Å²) in [7, 11) is 0. The molecule has 0 aliphatic carbocycles. The molecule has 4 rings (SSSR count). The van der Waals surface area contributed by atoms with E-state index in [1.54, 1.807) is 47.5 Å². The van der Waals surface area contributed by atoms with E-state index in [0.29, 0.717) is 43.2 Å². The molecule has 7 heteroatoms. The quantitative estimate of drug-likeness (QED) is 0.725. The van der Waals surface area contributed by atoms with Gasteiger partial charge in [0.15, 0.2) is 0 Å². The highest BCUT2D eigenvalue weighted by atomic mass is 19.1. The summed E-state index contributed by atoms with van der Waals surface area (Å²) in [6, 6.07) is 15.9. The van der Waals surface area contributed by atoms with Crippen LogP contribution in [0, 0.1) is 11.6 Å². The molecule has 1 fully saturated rings. The predicted molar refractivity (Wildman–Crippen MR) is 108 cm³/mol. The van der Waals surface area contributed by atoms with Gasteiger partial charge in [-0.25, -0.2) is 13.8 Å². The van der Waals surface area contributed by atoms with Gasteiger partial charge in [0.1, 0.15) is 17.3 Å².